The minimum absolute atomic E-state index is 0.171. The molecule has 1 atom stereocenters. The largest absolute Gasteiger partial charge is 0.497 e. The molecule has 0 aliphatic carbocycles. The number of thioether (sulfide) groups is 1. The van der Waals surface area contributed by atoms with Gasteiger partial charge < -0.3 is 24.1 Å². The molecular weight excluding hydrogens is 464 g/mol. The monoisotopic (exact) mass is 490 g/mol. The van der Waals surface area contributed by atoms with E-state index in [4.69, 9.17) is 25.8 Å². The number of hydrogen-bond donors (Lipinski definition) is 1. The van der Waals surface area contributed by atoms with Crippen molar-refractivity contribution < 1.29 is 19.0 Å². The summed E-state index contributed by atoms with van der Waals surface area (Å²) in [4.78, 5) is 12.9. The van der Waals surface area contributed by atoms with Crippen molar-refractivity contribution >= 4 is 35.0 Å². The second-order valence-electron chi connectivity index (χ2n) is 7.16. The van der Waals surface area contributed by atoms with E-state index in [9.17, 15) is 4.79 Å². The molecule has 0 saturated heterocycles. The number of aromatic nitrogens is 3. The van der Waals surface area contributed by atoms with Crippen molar-refractivity contribution in [3.8, 4) is 22.9 Å². The minimum Gasteiger partial charge on any atom is -0.497 e. The molecular formula is C23H27ClN4O4S. The van der Waals surface area contributed by atoms with Crippen molar-refractivity contribution in [2.45, 2.75) is 30.3 Å². The standard InChI is InChI=1S/C23H27ClN4O4S/c1-15(22(29)25-18-12-19(31-3)14-20(13-18)32-4)33-23-27-26-21(28(23)10-5-11-30-2)16-6-8-17(24)9-7-16/h6-9,12-15H,5,10-11H2,1-4H3,(H,25,29). The van der Waals surface area contributed by atoms with Crippen LogP contribution in [0.3, 0.4) is 0 Å². The summed E-state index contributed by atoms with van der Waals surface area (Å²) >= 11 is 7.37. The number of rotatable bonds is 11. The zero-order chi connectivity index (χ0) is 23.8. The maximum atomic E-state index is 12.9. The average Bonchev–Trinajstić information content (AvgIpc) is 3.21. The van der Waals surface area contributed by atoms with Gasteiger partial charge in [0, 0.05) is 54.7 Å². The SMILES string of the molecule is COCCCn1c(SC(C)C(=O)Nc2cc(OC)cc(OC)c2)nnc1-c1ccc(Cl)cc1. The van der Waals surface area contributed by atoms with Gasteiger partial charge in [0.05, 0.1) is 19.5 Å². The van der Waals surface area contributed by atoms with Crippen LogP contribution in [-0.2, 0) is 16.1 Å². The Hall–Kier alpha value is -2.75. The van der Waals surface area contributed by atoms with Crippen molar-refractivity contribution in [3.63, 3.8) is 0 Å². The molecule has 1 heterocycles. The van der Waals surface area contributed by atoms with Crippen LogP contribution in [-0.4, -0.2) is 53.9 Å². The van der Waals surface area contributed by atoms with Gasteiger partial charge in [-0.2, -0.15) is 0 Å². The summed E-state index contributed by atoms with van der Waals surface area (Å²) in [5.74, 6) is 1.73. The molecule has 1 amide bonds. The molecule has 176 valence electrons. The van der Waals surface area contributed by atoms with Crippen LogP contribution < -0.4 is 14.8 Å². The predicted octanol–water partition coefficient (Wildman–Crippen LogP) is 4.77. The van der Waals surface area contributed by atoms with Crippen LogP contribution in [0.25, 0.3) is 11.4 Å². The van der Waals surface area contributed by atoms with Gasteiger partial charge in [-0.15, -0.1) is 10.2 Å². The Morgan fingerprint density at radius 3 is 2.36 bits per heavy atom. The summed E-state index contributed by atoms with van der Waals surface area (Å²) in [7, 11) is 4.79. The van der Waals surface area contributed by atoms with Gasteiger partial charge in [-0.1, -0.05) is 23.4 Å². The van der Waals surface area contributed by atoms with Crippen LogP contribution in [0.2, 0.25) is 5.02 Å². The van der Waals surface area contributed by atoms with Crippen molar-refractivity contribution in [2.75, 3.05) is 33.3 Å². The lowest BCUT2D eigenvalue weighted by Gasteiger charge is -2.15. The van der Waals surface area contributed by atoms with Gasteiger partial charge >= 0.3 is 0 Å². The first-order chi connectivity index (χ1) is 15.9. The zero-order valence-corrected chi connectivity index (χ0v) is 20.6. The summed E-state index contributed by atoms with van der Waals surface area (Å²) in [5, 5.41) is 12.5. The quantitative estimate of drug-likeness (QED) is 0.306. The Balaban J connectivity index is 1.78. The van der Waals surface area contributed by atoms with E-state index in [1.54, 1.807) is 39.5 Å². The van der Waals surface area contributed by atoms with Gasteiger partial charge in [0.25, 0.3) is 0 Å². The molecule has 8 nitrogen and oxygen atoms in total. The third kappa shape index (κ3) is 6.63. The predicted molar refractivity (Wildman–Crippen MR) is 130 cm³/mol. The molecule has 1 N–H and O–H groups in total. The molecule has 2 aromatic carbocycles. The molecule has 0 fully saturated rings. The van der Waals surface area contributed by atoms with Crippen LogP contribution in [0.4, 0.5) is 5.69 Å². The second-order valence-corrected chi connectivity index (χ2v) is 8.91. The maximum Gasteiger partial charge on any atom is 0.237 e. The number of ether oxygens (including phenoxy) is 3. The topological polar surface area (TPSA) is 87.5 Å². The molecule has 1 aromatic heterocycles. The van der Waals surface area contributed by atoms with Crippen molar-refractivity contribution in [2.24, 2.45) is 0 Å². The highest BCUT2D eigenvalue weighted by molar-refractivity contribution is 8.00. The van der Waals surface area contributed by atoms with E-state index in [-0.39, 0.29) is 5.91 Å². The smallest absolute Gasteiger partial charge is 0.237 e. The molecule has 1 unspecified atom stereocenters. The molecule has 0 bridgehead atoms. The third-order valence-corrected chi connectivity index (χ3v) is 6.15. The van der Waals surface area contributed by atoms with Gasteiger partial charge in [-0.05, 0) is 37.6 Å². The Bertz CT molecular complexity index is 1050. The molecule has 0 aliphatic heterocycles. The molecule has 3 rings (SSSR count). The van der Waals surface area contributed by atoms with Crippen LogP contribution in [0, 0.1) is 0 Å². The number of benzene rings is 2. The number of nitrogens with one attached hydrogen (secondary N) is 1. The van der Waals surface area contributed by atoms with E-state index in [0.29, 0.717) is 40.5 Å². The van der Waals surface area contributed by atoms with Crippen molar-refractivity contribution in [3.05, 3.63) is 47.5 Å². The van der Waals surface area contributed by atoms with Crippen molar-refractivity contribution in [1.82, 2.24) is 14.8 Å². The Kier molecular flexibility index (Phi) is 8.99. The third-order valence-electron chi connectivity index (χ3n) is 4.82. The number of hydrogen-bond acceptors (Lipinski definition) is 7. The van der Waals surface area contributed by atoms with Crippen molar-refractivity contribution in [1.29, 1.82) is 0 Å². The van der Waals surface area contributed by atoms with E-state index >= 15 is 0 Å². The lowest BCUT2D eigenvalue weighted by atomic mass is 10.2. The van der Waals surface area contributed by atoms with Crippen LogP contribution in [0.15, 0.2) is 47.6 Å². The summed E-state index contributed by atoms with van der Waals surface area (Å²) in [6, 6.07) is 12.7. The lowest BCUT2D eigenvalue weighted by molar-refractivity contribution is -0.115. The second kappa shape index (κ2) is 11.9. The van der Waals surface area contributed by atoms with Gasteiger partial charge in [0.15, 0.2) is 11.0 Å². The molecule has 0 saturated carbocycles. The summed E-state index contributed by atoms with van der Waals surface area (Å²) < 4.78 is 17.8. The Labute approximate surface area is 202 Å². The number of carbonyl (C=O) groups excluding carboxylic acids is 1. The number of halogens is 1. The van der Waals surface area contributed by atoms with Crippen LogP contribution in [0.1, 0.15) is 13.3 Å². The van der Waals surface area contributed by atoms with E-state index in [1.165, 1.54) is 11.8 Å². The zero-order valence-electron chi connectivity index (χ0n) is 19.0. The molecule has 10 heteroatoms. The minimum atomic E-state index is -0.425. The Morgan fingerprint density at radius 2 is 1.76 bits per heavy atom. The fourth-order valence-electron chi connectivity index (χ4n) is 3.09. The fourth-order valence-corrected chi connectivity index (χ4v) is 4.09. The molecule has 33 heavy (non-hydrogen) atoms. The summed E-state index contributed by atoms with van der Waals surface area (Å²) in [6.07, 6.45) is 0.785. The highest BCUT2D eigenvalue weighted by Gasteiger charge is 2.21. The molecule has 0 spiro atoms. The first-order valence-corrected chi connectivity index (χ1v) is 11.6. The van der Waals surface area contributed by atoms with E-state index in [1.807, 2.05) is 35.8 Å². The maximum absolute atomic E-state index is 12.9. The van der Waals surface area contributed by atoms with Gasteiger partial charge in [0.2, 0.25) is 5.91 Å². The highest BCUT2D eigenvalue weighted by Crippen LogP contribution is 2.30. The molecule has 0 aliphatic rings. The van der Waals surface area contributed by atoms with E-state index in [0.717, 1.165) is 17.8 Å². The number of methoxy groups -OCH3 is 3. The number of amides is 1. The fraction of sp³-hybridized carbons (Fsp3) is 0.348. The molecule has 0 radical (unpaired) electrons. The van der Waals surface area contributed by atoms with Gasteiger partial charge in [-0.3, -0.25) is 4.79 Å². The summed E-state index contributed by atoms with van der Waals surface area (Å²) in [5.41, 5.74) is 1.49. The van der Waals surface area contributed by atoms with Gasteiger partial charge in [0.1, 0.15) is 11.5 Å². The first-order valence-electron chi connectivity index (χ1n) is 10.3. The Morgan fingerprint density at radius 1 is 1.09 bits per heavy atom. The normalized spacial score (nSPS) is 11.8. The average molecular weight is 491 g/mol. The van der Waals surface area contributed by atoms with Crippen LogP contribution in [0.5, 0.6) is 11.5 Å². The van der Waals surface area contributed by atoms with E-state index < -0.39 is 5.25 Å². The molecule has 3 aromatic rings. The van der Waals surface area contributed by atoms with Crippen LogP contribution >= 0.6 is 23.4 Å². The van der Waals surface area contributed by atoms with Gasteiger partial charge in [-0.25, -0.2) is 0 Å². The number of nitrogens with zero attached hydrogens (tertiary/aromatic N) is 3. The first kappa shape index (κ1) is 24.9. The number of anilines is 1. The lowest BCUT2D eigenvalue weighted by Crippen LogP contribution is -2.23. The van der Waals surface area contributed by atoms with E-state index in [2.05, 4.69) is 15.5 Å². The highest BCUT2D eigenvalue weighted by atomic mass is 35.5. The summed E-state index contributed by atoms with van der Waals surface area (Å²) in [6.45, 7) is 3.09. The number of carbonyl (C=O) groups is 1.